The fourth-order valence-corrected chi connectivity index (χ4v) is 3.60. The predicted octanol–water partition coefficient (Wildman–Crippen LogP) is 2.72. The SMILES string of the molecule is CCOC(=O)c1sc(C)c2c1CCc1cn[nH]c1-2. The number of hydrogen-bond acceptors (Lipinski definition) is 4. The highest BCUT2D eigenvalue weighted by Gasteiger charge is 2.28. The predicted molar refractivity (Wildman–Crippen MR) is 70.0 cm³/mol. The van der Waals surface area contributed by atoms with Crippen molar-refractivity contribution in [2.75, 3.05) is 6.61 Å². The molecule has 1 aliphatic carbocycles. The quantitative estimate of drug-likeness (QED) is 0.847. The lowest BCUT2D eigenvalue weighted by Gasteiger charge is -2.13. The van der Waals surface area contributed by atoms with Gasteiger partial charge in [-0.15, -0.1) is 11.3 Å². The van der Waals surface area contributed by atoms with Gasteiger partial charge in [0.2, 0.25) is 0 Å². The highest BCUT2D eigenvalue weighted by atomic mass is 32.1. The van der Waals surface area contributed by atoms with Crippen LogP contribution in [-0.4, -0.2) is 22.8 Å². The largest absolute Gasteiger partial charge is 0.462 e. The fraction of sp³-hybridized carbons (Fsp3) is 0.385. The Morgan fingerprint density at radius 1 is 1.56 bits per heavy atom. The van der Waals surface area contributed by atoms with E-state index >= 15 is 0 Å². The molecule has 0 saturated heterocycles. The molecule has 3 rings (SSSR count). The molecule has 0 atom stereocenters. The minimum atomic E-state index is -0.199. The van der Waals surface area contributed by atoms with E-state index in [2.05, 4.69) is 10.2 Å². The van der Waals surface area contributed by atoms with Gasteiger partial charge < -0.3 is 4.74 Å². The van der Waals surface area contributed by atoms with Crippen LogP contribution in [0.4, 0.5) is 0 Å². The van der Waals surface area contributed by atoms with Gasteiger partial charge >= 0.3 is 5.97 Å². The lowest BCUT2D eigenvalue weighted by molar-refractivity contribution is 0.0531. The number of H-pyrrole nitrogens is 1. The van der Waals surface area contributed by atoms with Crippen LogP contribution in [-0.2, 0) is 17.6 Å². The molecular weight excluding hydrogens is 248 g/mol. The number of carbonyl (C=O) groups excluding carboxylic acids is 1. The molecule has 0 bridgehead atoms. The van der Waals surface area contributed by atoms with E-state index in [4.69, 9.17) is 4.74 Å². The van der Waals surface area contributed by atoms with Crippen molar-refractivity contribution in [2.24, 2.45) is 0 Å². The first-order chi connectivity index (χ1) is 8.72. The molecule has 18 heavy (non-hydrogen) atoms. The summed E-state index contributed by atoms with van der Waals surface area (Å²) in [5, 5.41) is 7.14. The van der Waals surface area contributed by atoms with Crippen molar-refractivity contribution in [3.63, 3.8) is 0 Å². The van der Waals surface area contributed by atoms with Crippen molar-refractivity contribution in [2.45, 2.75) is 26.7 Å². The zero-order valence-corrected chi connectivity index (χ0v) is 11.2. The number of rotatable bonds is 2. The molecule has 0 amide bonds. The second kappa shape index (κ2) is 4.24. The molecule has 4 nitrogen and oxygen atoms in total. The maximum absolute atomic E-state index is 11.9. The van der Waals surface area contributed by atoms with Crippen LogP contribution in [0.2, 0.25) is 0 Å². The van der Waals surface area contributed by atoms with E-state index in [1.807, 2.05) is 20.0 Å². The Hall–Kier alpha value is -1.62. The Labute approximate surface area is 109 Å². The lowest BCUT2D eigenvalue weighted by atomic mass is 9.91. The van der Waals surface area contributed by atoms with Crippen molar-refractivity contribution in [3.8, 4) is 11.3 Å². The van der Waals surface area contributed by atoms with Gasteiger partial charge in [0.15, 0.2) is 0 Å². The smallest absolute Gasteiger partial charge is 0.348 e. The number of nitrogens with one attached hydrogen (secondary N) is 1. The van der Waals surface area contributed by atoms with Gasteiger partial charge in [0.25, 0.3) is 0 Å². The monoisotopic (exact) mass is 262 g/mol. The molecule has 0 fully saturated rings. The summed E-state index contributed by atoms with van der Waals surface area (Å²) in [6.07, 6.45) is 3.70. The molecule has 0 aromatic carbocycles. The summed E-state index contributed by atoms with van der Waals surface area (Å²) in [5.74, 6) is -0.199. The summed E-state index contributed by atoms with van der Waals surface area (Å²) in [5.41, 5.74) is 4.58. The summed E-state index contributed by atoms with van der Waals surface area (Å²) in [6, 6.07) is 0. The van der Waals surface area contributed by atoms with Crippen molar-refractivity contribution in [3.05, 3.63) is 27.1 Å². The van der Waals surface area contributed by atoms with Crippen LogP contribution in [0.3, 0.4) is 0 Å². The van der Waals surface area contributed by atoms with Crippen molar-refractivity contribution < 1.29 is 9.53 Å². The Kier molecular flexibility index (Phi) is 2.70. The zero-order valence-electron chi connectivity index (χ0n) is 10.4. The number of aromatic nitrogens is 2. The molecule has 5 heteroatoms. The van der Waals surface area contributed by atoms with Gasteiger partial charge in [-0.05, 0) is 37.8 Å². The van der Waals surface area contributed by atoms with E-state index < -0.39 is 0 Å². The molecule has 0 unspecified atom stereocenters. The molecule has 94 valence electrons. The standard InChI is InChI=1S/C13H14N2O2S/c1-3-17-13(16)12-9-5-4-8-6-14-15-11(8)10(9)7(2)18-12/h6H,3-5H2,1-2H3,(H,14,15). The van der Waals surface area contributed by atoms with Crippen LogP contribution >= 0.6 is 11.3 Å². The normalized spacial score (nSPS) is 13.0. The van der Waals surface area contributed by atoms with Crippen molar-refractivity contribution >= 4 is 17.3 Å². The number of esters is 1. The molecule has 0 saturated carbocycles. The Balaban J connectivity index is 2.13. The first kappa shape index (κ1) is 11.5. The number of hydrogen-bond donors (Lipinski definition) is 1. The minimum Gasteiger partial charge on any atom is -0.462 e. The number of fused-ring (bicyclic) bond motifs is 3. The molecule has 2 aromatic heterocycles. The molecule has 1 aliphatic rings. The van der Waals surface area contributed by atoms with Gasteiger partial charge in [0.1, 0.15) is 4.88 Å². The number of aryl methyl sites for hydroxylation is 2. The molecule has 2 aromatic rings. The third-order valence-corrected chi connectivity index (χ3v) is 4.38. The molecule has 1 N–H and O–H groups in total. The highest BCUT2D eigenvalue weighted by Crippen LogP contribution is 2.41. The molecule has 2 heterocycles. The first-order valence-electron chi connectivity index (χ1n) is 6.04. The Bertz CT molecular complexity index is 613. The van der Waals surface area contributed by atoms with Crippen LogP contribution in [0, 0.1) is 6.92 Å². The van der Waals surface area contributed by atoms with Gasteiger partial charge in [-0.1, -0.05) is 0 Å². The third kappa shape index (κ3) is 1.58. The first-order valence-corrected chi connectivity index (χ1v) is 6.86. The van der Waals surface area contributed by atoms with Crippen molar-refractivity contribution in [1.82, 2.24) is 10.2 Å². The minimum absolute atomic E-state index is 0.199. The summed E-state index contributed by atoms with van der Waals surface area (Å²) < 4.78 is 5.12. The zero-order chi connectivity index (χ0) is 12.7. The third-order valence-electron chi connectivity index (χ3n) is 3.26. The number of thiophene rings is 1. The van der Waals surface area contributed by atoms with E-state index in [1.54, 1.807) is 0 Å². The van der Waals surface area contributed by atoms with Gasteiger partial charge in [0, 0.05) is 10.4 Å². The van der Waals surface area contributed by atoms with Gasteiger partial charge in [-0.25, -0.2) is 4.79 Å². The Morgan fingerprint density at radius 2 is 2.39 bits per heavy atom. The van der Waals surface area contributed by atoms with Crippen molar-refractivity contribution in [1.29, 1.82) is 0 Å². The Morgan fingerprint density at radius 3 is 3.17 bits per heavy atom. The fourth-order valence-electron chi connectivity index (χ4n) is 2.50. The summed E-state index contributed by atoms with van der Waals surface area (Å²) in [7, 11) is 0. The summed E-state index contributed by atoms with van der Waals surface area (Å²) in [4.78, 5) is 13.8. The second-order valence-electron chi connectivity index (χ2n) is 4.33. The molecular formula is C13H14N2O2S. The van der Waals surface area contributed by atoms with E-state index in [-0.39, 0.29) is 5.97 Å². The summed E-state index contributed by atoms with van der Waals surface area (Å²) >= 11 is 1.52. The number of carbonyl (C=O) groups is 1. The number of nitrogens with zero attached hydrogens (tertiary/aromatic N) is 1. The average molecular weight is 262 g/mol. The average Bonchev–Trinajstić information content (AvgIpc) is 2.93. The molecule has 0 spiro atoms. The number of aromatic amines is 1. The topological polar surface area (TPSA) is 55.0 Å². The van der Waals surface area contributed by atoms with E-state index in [1.165, 1.54) is 16.9 Å². The van der Waals surface area contributed by atoms with Crippen LogP contribution in [0.15, 0.2) is 6.20 Å². The van der Waals surface area contributed by atoms with Crippen LogP contribution < -0.4 is 0 Å². The van der Waals surface area contributed by atoms with Gasteiger partial charge in [-0.2, -0.15) is 5.10 Å². The maximum Gasteiger partial charge on any atom is 0.348 e. The lowest BCUT2D eigenvalue weighted by Crippen LogP contribution is -2.08. The van der Waals surface area contributed by atoms with Gasteiger partial charge in [-0.3, -0.25) is 5.10 Å². The summed E-state index contributed by atoms with van der Waals surface area (Å²) in [6.45, 7) is 4.29. The van der Waals surface area contributed by atoms with E-state index in [0.29, 0.717) is 6.61 Å². The van der Waals surface area contributed by atoms with E-state index in [9.17, 15) is 4.79 Å². The van der Waals surface area contributed by atoms with Crippen LogP contribution in [0.25, 0.3) is 11.3 Å². The second-order valence-corrected chi connectivity index (χ2v) is 5.56. The molecule has 0 radical (unpaired) electrons. The number of ether oxygens (including phenoxy) is 1. The van der Waals surface area contributed by atoms with Gasteiger partial charge in [0.05, 0.1) is 18.5 Å². The van der Waals surface area contributed by atoms with Crippen LogP contribution in [0.1, 0.15) is 32.6 Å². The highest BCUT2D eigenvalue weighted by molar-refractivity contribution is 7.14. The maximum atomic E-state index is 11.9. The van der Waals surface area contributed by atoms with Crippen LogP contribution in [0.5, 0.6) is 0 Å². The molecule has 0 aliphatic heterocycles. The van der Waals surface area contributed by atoms with E-state index in [0.717, 1.165) is 39.4 Å².